The molecule has 0 heterocycles. The molecule has 0 saturated carbocycles. The first kappa shape index (κ1) is 14.9. The van der Waals surface area contributed by atoms with Gasteiger partial charge in [0.1, 0.15) is 9.84 Å². The topological polar surface area (TPSA) is 55.4 Å². The summed E-state index contributed by atoms with van der Waals surface area (Å²) >= 11 is 0. The first-order valence-electron chi connectivity index (χ1n) is 5.30. The number of rotatable bonds is 8. The summed E-state index contributed by atoms with van der Waals surface area (Å²) in [6, 6.07) is -0.0114. The molecule has 0 fully saturated rings. The van der Waals surface area contributed by atoms with Gasteiger partial charge in [0.2, 0.25) is 0 Å². The predicted octanol–water partition coefficient (Wildman–Crippen LogP) is 0.682. The maximum absolute atomic E-state index is 10.9. The second kappa shape index (κ2) is 7.19. The SMILES string of the molecule is CC(C)COCCNC(C)CS(C)(=O)=O. The molecule has 0 aromatic carbocycles. The summed E-state index contributed by atoms with van der Waals surface area (Å²) in [5, 5.41) is 3.11. The summed E-state index contributed by atoms with van der Waals surface area (Å²) in [6.07, 6.45) is 1.25. The van der Waals surface area contributed by atoms with Crippen molar-refractivity contribution in [2.24, 2.45) is 5.92 Å². The molecule has 1 N–H and O–H groups in total. The number of ether oxygens (including phenoxy) is 1. The lowest BCUT2D eigenvalue weighted by molar-refractivity contribution is 0.111. The van der Waals surface area contributed by atoms with Gasteiger partial charge in [-0.1, -0.05) is 13.8 Å². The van der Waals surface area contributed by atoms with Crippen LogP contribution in [0.4, 0.5) is 0 Å². The van der Waals surface area contributed by atoms with Crippen molar-refractivity contribution in [3.63, 3.8) is 0 Å². The van der Waals surface area contributed by atoms with Crippen LogP contribution in [-0.4, -0.2) is 46.2 Å². The molecule has 0 aliphatic rings. The van der Waals surface area contributed by atoms with Gasteiger partial charge >= 0.3 is 0 Å². The van der Waals surface area contributed by atoms with Crippen molar-refractivity contribution in [2.75, 3.05) is 31.8 Å². The van der Waals surface area contributed by atoms with Crippen LogP contribution in [0.2, 0.25) is 0 Å². The van der Waals surface area contributed by atoms with Crippen LogP contribution in [0.25, 0.3) is 0 Å². The number of sulfone groups is 1. The molecule has 0 rings (SSSR count). The van der Waals surface area contributed by atoms with E-state index in [0.717, 1.165) is 6.61 Å². The van der Waals surface area contributed by atoms with Crippen molar-refractivity contribution in [3.05, 3.63) is 0 Å². The molecule has 4 nitrogen and oxygen atoms in total. The monoisotopic (exact) mass is 237 g/mol. The molecule has 0 spiro atoms. The van der Waals surface area contributed by atoms with Gasteiger partial charge < -0.3 is 10.1 Å². The van der Waals surface area contributed by atoms with E-state index in [0.29, 0.717) is 19.1 Å². The minimum Gasteiger partial charge on any atom is -0.380 e. The summed E-state index contributed by atoms with van der Waals surface area (Å²) in [4.78, 5) is 0. The van der Waals surface area contributed by atoms with Crippen molar-refractivity contribution in [1.29, 1.82) is 0 Å². The fourth-order valence-corrected chi connectivity index (χ4v) is 2.24. The number of hydrogen-bond acceptors (Lipinski definition) is 4. The second-order valence-corrected chi connectivity index (χ2v) is 6.60. The Kier molecular flexibility index (Phi) is 7.13. The van der Waals surface area contributed by atoms with Gasteiger partial charge in [-0.25, -0.2) is 8.42 Å². The lowest BCUT2D eigenvalue weighted by atomic mass is 10.2. The third-order valence-corrected chi connectivity index (χ3v) is 2.85. The molecule has 0 aliphatic heterocycles. The Morgan fingerprint density at radius 1 is 1.27 bits per heavy atom. The van der Waals surface area contributed by atoms with Gasteiger partial charge in [0.25, 0.3) is 0 Å². The molecule has 0 aromatic heterocycles. The summed E-state index contributed by atoms with van der Waals surface area (Å²) in [6.45, 7) is 8.14. The Balaban J connectivity index is 3.44. The van der Waals surface area contributed by atoms with E-state index in [1.165, 1.54) is 6.26 Å². The summed E-state index contributed by atoms with van der Waals surface area (Å²) in [5.74, 6) is 0.718. The quantitative estimate of drug-likeness (QED) is 0.631. The van der Waals surface area contributed by atoms with Gasteiger partial charge in [-0.15, -0.1) is 0 Å². The molecule has 0 bridgehead atoms. The summed E-state index contributed by atoms with van der Waals surface area (Å²) in [7, 11) is -2.88. The highest BCUT2D eigenvalue weighted by Gasteiger charge is 2.08. The molecular weight excluding hydrogens is 214 g/mol. The highest BCUT2D eigenvalue weighted by Crippen LogP contribution is 1.92. The molecular formula is C10H23NO3S. The van der Waals surface area contributed by atoms with Gasteiger partial charge in [-0.3, -0.25) is 0 Å². The third-order valence-electron chi connectivity index (χ3n) is 1.74. The molecule has 0 radical (unpaired) electrons. The van der Waals surface area contributed by atoms with Crippen LogP contribution >= 0.6 is 0 Å². The molecule has 15 heavy (non-hydrogen) atoms. The van der Waals surface area contributed by atoms with Crippen molar-refractivity contribution < 1.29 is 13.2 Å². The zero-order valence-corrected chi connectivity index (χ0v) is 10.9. The van der Waals surface area contributed by atoms with E-state index in [1.54, 1.807) is 0 Å². The molecule has 0 amide bonds. The molecule has 1 atom stereocenters. The fraction of sp³-hybridized carbons (Fsp3) is 1.00. The molecule has 5 heteroatoms. The molecule has 0 aromatic rings. The normalized spacial score (nSPS) is 14.5. The highest BCUT2D eigenvalue weighted by molar-refractivity contribution is 7.90. The van der Waals surface area contributed by atoms with Crippen LogP contribution in [-0.2, 0) is 14.6 Å². The molecule has 0 saturated heterocycles. The average molecular weight is 237 g/mol. The van der Waals surface area contributed by atoms with Crippen molar-refractivity contribution in [2.45, 2.75) is 26.8 Å². The van der Waals surface area contributed by atoms with Gasteiger partial charge in [0.05, 0.1) is 12.4 Å². The van der Waals surface area contributed by atoms with E-state index >= 15 is 0 Å². The highest BCUT2D eigenvalue weighted by atomic mass is 32.2. The summed E-state index contributed by atoms with van der Waals surface area (Å²) < 4.78 is 27.3. The maximum atomic E-state index is 10.9. The first-order valence-corrected chi connectivity index (χ1v) is 7.36. The summed E-state index contributed by atoms with van der Waals surface area (Å²) in [5.41, 5.74) is 0. The maximum Gasteiger partial charge on any atom is 0.148 e. The lowest BCUT2D eigenvalue weighted by Gasteiger charge is -2.13. The van der Waals surface area contributed by atoms with Crippen LogP contribution in [0.5, 0.6) is 0 Å². The van der Waals surface area contributed by atoms with Gasteiger partial charge in [-0.2, -0.15) is 0 Å². The standard InChI is InChI=1S/C10H23NO3S/c1-9(2)7-14-6-5-11-10(3)8-15(4,12)13/h9-11H,5-8H2,1-4H3. The second-order valence-electron chi connectivity index (χ2n) is 4.42. The van der Waals surface area contributed by atoms with E-state index in [4.69, 9.17) is 4.74 Å². The van der Waals surface area contributed by atoms with E-state index in [-0.39, 0.29) is 11.8 Å². The Hall–Kier alpha value is -0.130. The largest absolute Gasteiger partial charge is 0.380 e. The predicted molar refractivity (Wildman–Crippen MR) is 62.8 cm³/mol. The van der Waals surface area contributed by atoms with Crippen LogP contribution in [0.1, 0.15) is 20.8 Å². The minimum absolute atomic E-state index is 0.0114. The average Bonchev–Trinajstić information content (AvgIpc) is 1.99. The Bertz CT molecular complexity index is 249. The zero-order valence-electron chi connectivity index (χ0n) is 10.1. The van der Waals surface area contributed by atoms with Gasteiger partial charge in [0, 0.05) is 25.4 Å². The van der Waals surface area contributed by atoms with E-state index in [9.17, 15) is 8.42 Å². The van der Waals surface area contributed by atoms with Gasteiger partial charge in [-0.05, 0) is 12.8 Å². The van der Waals surface area contributed by atoms with Crippen LogP contribution in [0.15, 0.2) is 0 Å². The number of nitrogens with one attached hydrogen (secondary N) is 1. The molecule has 92 valence electrons. The lowest BCUT2D eigenvalue weighted by Crippen LogP contribution is -2.35. The van der Waals surface area contributed by atoms with Crippen molar-refractivity contribution in [3.8, 4) is 0 Å². The van der Waals surface area contributed by atoms with E-state index < -0.39 is 9.84 Å². The fourth-order valence-electron chi connectivity index (χ4n) is 1.21. The van der Waals surface area contributed by atoms with Crippen LogP contribution in [0.3, 0.4) is 0 Å². The Labute approximate surface area is 93.3 Å². The Morgan fingerprint density at radius 2 is 1.87 bits per heavy atom. The zero-order chi connectivity index (χ0) is 11.9. The molecule has 0 aliphatic carbocycles. The van der Waals surface area contributed by atoms with E-state index in [2.05, 4.69) is 19.2 Å². The van der Waals surface area contributed by atoms with E-state index in [1.807, 2.05) is 6.92 Å². The molecule has 1 unspecified atom stereocenters. The van der Waals surface area contributed by atoms with Crippen LogP contribution in [0, 0.1) is 5.92 Å². The smallest absolute Gasteiger partial charge is 0.148 e. The van der Waals surface area contributed by atoms with Crippen LogP contribution < -0.4 is 5.32 Å². The Morgan fingerprint density at radius 3 is 2.33 bits per heavy atom. The number of hydrogen-bond donors (Lipinski definition) is 1. The van der Waals surface area contributed by atoms with Crippen molar-refractivity contribution in [1.82, 2.24) is 5.32 Å². The minimum atomic E-state index is -2.88. The van der Waals surface area contributed by atoms with Crippen molar-refractivity contribution >= 4 is 9.84 Å². The first-order chi connectivity index (χ1) is 6.81. The van der Waals surface area contributed by atoms with Gasteiger partial charge in [0.15, 0.2) is 0 Å². The third kappa shape index (κ3) is 11.8.